The molecule has 1 aliphatic carbocycles. The van der Waals surface area contributed by atoms with Crippen molar-refractivity contribution in [3.63, 3.8) is 0 Å². The van der Waals surface area contributed by atoms with Gasteiger partial charge in [-0.15, -0.1) is 11.3 Å². The average Bonchev–Trinajstić information content (AvgIpc) is 3.19. The van der Waals surface area contributed by atoms with Crippen molar-refractivity contribution < 1.29 is 14.0 Å². The van der Waals surface area contributed by atoms with Gasteiger partial charge in [0.1, 0.15) is 5.76 Å². The highest BCUT2D eigenvalue weighted by Gasteiger charge is 2.20. The Labute approximate surface area is 139 Å². The van der Waals surface area contributed by atoms with Crippen LogP contribution in [0, 0.1) is 5.92 Å². The Morgan fingerprint density at radius 3 is 3.04 bits per heavy atom. The molecule has 3 rings (SSSR count). The van der Waals surface area contributed by atoms with Crippen LogP contribution in [0.25, 0.3) is 0 Å². The maximum atomic E-state index is 12.1. The van der Waals surface area contributed by atoms with Crippen LogP contribution in [0.5, 0.6) is 0 Å². The second-order valence-electron chi connectivity index (χ2n) is 5.99. The number of hydrazine groups is 1. The number of nitrogens with one attached hydrogen (secondary N) is 2. The minimum atomic E-state index is -0.247. The van der Waals surface area contributed by atoms with Crippen LogP contribution >= 0.6 is 11.3 Å². The number of rotatable bonds is 4. The highest BCUT2D eigenvalue weighted by atomic mass is 32.1. The summed E-state index contributed by atoms with van der Waals surface area (Å²) in [7, 11) is 0. The Kier molecular flexibility index (Phi) is 4.81. The lowest BCUT2D eigenvalue weighted by Crippen LogP contribution is -2.41. The Morgan fingerprint density at radius 2 is 2.26 bits per heavy atom. The number of carbonyl (C=O) groups excluding carboxylic acids is 2. The lowest BCUT2D eigenvalue weighted by Gasteiger charge is -2.16. The van der Waals surface area contributed by atoms with Crippen LogP contribution < -0.4 is 10.9 Å². The summed E-state index contributed by atoms with van der Waals surface area (Å²) >= 11 is 1.53. The molecule has 0 aliphatic heterocycles. The summed E-state index contributed by atoms with van der Waals surface area (Å²) in [6.45, 7) is 2.24. The molecule has 2 aromatic heterocycles. The van der Waals surface area contributed by atoms with Gasteiger partial charge in [0.2, 0.25) is 5.91 Å². The standard InChI is InChI=1S/C17H20N2O3S/c1-11-4-6-14-12(9-11)10-15(23-14)17(21)19-18-16(20)7-5-13-3-2-8-22-13/h2-3,8,10-11H,4-7,9H2,1H3,(H,18,20)(H,19,21)/t11-/m1/s1. The summed E-state index contributed by atoms with van der Waals surface area (Å²) in [5.41, 5.74) is 6.23. The highest BCUT2D eigenvalue weighted by molar-refractivity contribution is 7.14. The van der Waals surface area contributed by atoms with Gasteiger partial charge in [-0.05, 0) is 48.9 Å². The first-order valence-corrected chi connectivity index (χ1v) is 8.66. The molecule has 1 aliphatic rings. The monoisotopic (exact) mass is 332 g/mol. The van der Waals surface area contributed by atoms with Gasteiger partial charge in [0.15, 0.2) is 0 Å². The average molecular weight is 332 g/mol. The van der Waals surface area contributed by atoms with E-state index in [2.05, 4.69) is 17.8 Å². The van der Waals surface area contributed by atoms with Crippen molar-refractivity contribution >= 4 is 23.2 Å². The van der Waals surface area contributed by atoms with E-state index in [-0.39, 0.29) is 18.2 Å². The van der Waals surface area contributed by atoms with Crippen molar-refractivity contribution in [1.29, 1.82) is 0 Å². The predicted octanol–water partition coefficient (Wildman–Crippen LogP) is 2.86. The number of aryl methyl sites for hydroxylation is 2. The van der Waals surface area contributed by atoms with Crippen molar-refractivity contribution in [2.45, 2.75) is 39.0 Å². The van der Waals surface area contributed by atoms with E-state index in [1.54, 1.807) is 12.3 Å². The summed E-state index contributed by atoms with van der Waals surface area (Å²) in [4.78, 5) is 25.9. The van der Waals surface area contributed by atoms with E-state index in [0.29, 0.717) is 17.2 Å². The van der Waals surface area contributed by atoms with Gasteiger partial charge in [-0.2, -0.15) is 0 Å². The molecular formula is C17H20N2O3S. The summed E-state index contributed by atoms with van der Waals surface area (Å²) in [5.74, 6) is 0.953. The van der Waals surface area contributed by atoms with Crippen molar-refractivity contribution in [3.05, 3.63) is 45.5 Å². The second kappa shape index (κ2) is 7.00. The first-order valence-electron chi connectivity index (χ1n) is 7.85. The molecule has 0 radical (unpaired) electrons. The van der Waals surface area contributed by atoms with Gasteiger partial charge in [0.25, 0.3) is 5.91 Å². The Balaban J connectivity index is 1.48. The molecule has 2 aromatic rings. The first-order chi connectivity index (χ1) is 11.1. The topological polar surface area (TPSA) is 71.3 Å². The molecule has 0 unspecified atom stereocenters. The van der Waals surface area contributed by atoms with Gasteiger partial charge in [0, 0.05) is 17.7 Å². The van der Waals surface area contributed by atoms with Crippen LogP contribution in [0.3, 0.4) is 0 Å². The lowest BCUT2D eigenvalue weighted by atomic mass is 9.90. The molecule has 0 bridgehead atoms. The molecular weight excluding hydrogens is 312 g/mol. The number of furan rings is 1. The van der Waals surface area contributed by atoms with Crippen LogP contribution in [-0.4, -0.2) is 11.8 Å². The number of fused-ring (bicyclic) bond motifs is 1. The van der Waals surface area contributed by atoms with E-state index in [1.807, 2.05) is 12.1 Å². The summed E-state index contributed by atoms with van der Waals surface area (Å²) in [6.07, 6.45) is 5.62. The third-order valence-electron chi connectivity index (χ3n) is 4.05. The normalized spacial score (nSPS) is 16.7. The fourth-order valence-electron chi connectivity index (χ4n) is 2.76. The zero-order valence-electron chi connectivity index (χ0n) is 13.1. The van der Waals surface area contributed by atoms with Crippen molar-refractivity contribution in [2.24, 2.45) is 5.92 Å². The SMILES string of the molecule is C[C@@H]1CCc2sc(C(=O)NNC(=O)CCc3ccco3)cc2C1. The third-order valence-corrected chi connectivity index (χ3v) is 5.28. The molecule has 0 aromatic carbocycles. The van der Waals surface area contributed by atoms with E-state index >= 15 is 0 Å². The molecule has 23 heavy (non-hydrogen) atoms. The molecule has 6 heteroatoms. The van der Waals surface area contributed by atoms with Gasteiger partial charge in [-0.3, -0.25) is 20.4 Å². The largest absolute Gasteiger partial charge is 0.469 e. The Hall–Kier alpha value is -2.08. The van der Waals surface area contributed by atoms with Crippen LogP contribution in [0.4, 0.5) is 0 Å². The number of amides is 2. The van der Waals surface area contributed by atoms with Gasteiger partial charge < -0.3 is 4.42 Å². The minimum Gasteiger partial charge on any atom is -0.469 e. The van der Waals surface area contributed by atoms with Gasteiger partial charge in [-0.25, -0.2) is 0 Å². The molecule has 2 heterocycles. The van der Waals surface area contributed by atoms with Crippen molar-refractivity contribution in [3.8, 4) is 0 Å². The molecule has 1 atom stereocenters. The molecule has 0 fully saturated rings. The molecule has 2 N–H and O–H groups in total. The first kappa shape index (κ1) is 15.8. The van der Waals surface area contributed by atoms with E-state index in [4.69, 9.17) is 4.42 Å². The van der Waals surface area contributed by atoms with E-state index in [9.17, 15) is 9.59 Å². The molecule has 122 valence electrons. The van der Waals surface area contributed by atoms with Gasteiger partial charge >= 0.3 is 0 Å². The molecule has 5 nitrogen and oxygen atoms in total. The van der Waals surface area contributed by atoms with Crippen LogP contribution in [0.1, 0.15) is 45.6 Å². The van der Waals surface area contributed by atoms with Crippen LogP contribution in [0.2, 0.25) is 0 Å². The maximum Gasteiger partial charge on any atom is 0.279 e. The number of hydrogen-bond donors (Lipinski definition) is 2. The summed E-state index contributed by atoms with van der Waals surface area (Å²) in [6, 6.07) is 5.57. The third kappa shape index (κ3) is 4.01. The lowest BCUT2D eigenvalue weighted by molar-refractivity contribution is -0.121. The van der Waals surface area contributed by atoms with E-state index < -0.39 is 0 Å². The number of thiophene rings is 1. The summed E-state index contributed by atoms with van der Waals surface area (Å²) in [5, 5.41) is 0. The van der Waals surface area contributed by atoms with E-state index in [0.717, 1.165) is 18.6 Å². The molecule has 2 amide bonds. The van der Waals surface area contributed by atoms with E-state index in [1.165, 1.54) is 28.2 Å². The van der Waals surface area contributed by atoms with Crippen molar-refractivity contribution in [2.75, 3.05) is 0 Å². The smallest absolute Gasteiger partial charge is 0.279 e. The fourth-order valence-corrected chi connectivity index (χ4v) is 3.86. The number of hydrogen-bond acceptors (Lipinski definition) is 4. The molecule has 0 saturated carbocycles. The highest BCUT2D eigenvalue weighted by Crippen LogP contribution is 2.32. The van der Waals surface area contributed by atoms with Crippen LogP contribution in [0.15, 0.2) is 28.9 Å². The zero-order valence-corrected chi connectivity index (χ0v) is 13.9. The molecule has 0 saturated heterocycles. The predicted molar refractivity (Wildman–Crippen MR) is 88.1 cm³/mol. The Bertz CT molecular complexity index is 691. The van der Waals surface area contributed by atoms with Crippen LogP contribution in [-0.2, 0) is 24.1 Å². The maximum absolute atomic E-state index is 12.1. The fraction of sp³-hybridized carbons (Fsp3) is 0.412. The molecule has 0 spiro atoms. The minimum absolute atomic E-state index is 0.232. The van der Waals surface area contributed by atoms with Crippen molar-refractivity contribution in [1.82, 2.24) is 10.9 Å². The quantitative estimate of drug-likeness (QED) is 0.846. The Morgan fingerprint density at radius 1 is 1.39 bits per heavy atom. The number of carbonyl (C=O) groups is 2. The second-order valence-corrected chi connectivity index (χ2v) is 7.13. The van der Waals surface area contributed by atoms with Gasteiger partial charge in [-0.1, -0.05) is 6.92 Å². The van der Waals surface area contributed by atoms with Gasteiger partial charge in [0.05, 0.1) is 11.1 Å². The summed E-state index contributed by atoms with van der Waals surface area (Å²) < 4.78 is 5.17. The zero-order chi connectivity index (χ0) is 16.2.